The van der Waals surface area contributed by atoms with E-state index in [-0.39, 0.29) is 5.82 Å². The third-order valence-electron chi connectivity index (χ3n) is 8.88. The molecular weight excluding hydrogens is 403 g/mol. The molecule has 4 rings (SSSR count). The van der Waals surface area contributed by atoms with Gasteiger partial charge in [0, 0.05) is 5.56 Å². The van der Waals surface area contributed by atoms with E-state index in [0.29, 0.717) is 11.3 Å². The second-order valence-electron chi connectivity index (χ2n) is 11.4. The molecular formula is C32H45F. The van der Waals surface area contributed by atoms with E-state index in [2.05, 4.69) is 44.2 Å². The molecule has 0 atom stereocenters. The first-order chi connectivity index (χ1) is 16.1. The van der Waals surface area contributed by atoms with Crippen molar-refractivity contribution in [3.05, 3.63) is 59.4 Å². The van der Waals surface area contributed by atoms with Gasteiger partial charge in [-0.25, -0.2) is 4.39 Å². The van der Waals surface area contributed by atoms with Crippen LogP contribution in [0.4, 0.5) is 4.39 Å². The van der Waals surface area contributed by atoms with E-state index in [1.807, 2.05) is 12.1 Å². The SMILES string of the molecule is CCCCCCC[C@H]1CC[C@H](c2ccc(-c3ccc(C4(C)CCCCC4)cc3)c(F)c2)CC1. The van der Waals surface area contributed by atoms with E-state index in [1.165, 1.54) is 107 Å². The van der Waals surface area contributed by atoms with Crippen LogP contribution in [-0.2, 0) is 5.41 Å². The average molecular weight is 449 g/mol. The van der Waals surface area contributed by atoms with Gasteiger partial charge < -0.3 is 0 Å². The predicted octanol–water partition coefficient (Wildman–Crippen LogP) is 10.3. The Balaban J connectivity index is 1.33. The zero-order valence-electron chi connectivity index (χ0n) is 21.2. The molecule has 1 heteroatoms. The summed E-state index contributed by atoms with van der Waals surface area (Å²) in [5, 5.41) is 0. The average Bonchev–Trinajstić information content (AvgIpc) is 2.85. The van der Waals surface area contributed by atoms with Gasteiger partial charge >= 0.3 is 0 Å². The van der Waals surface area contributed by atoms with Crippen molar-refractivity contribution in [1.82, 2.24) is 0 Å². The topological polar surface area (TPSA) is 0 Å². The molecule has 0 heterocycles. The fraction of sp³-hybridized carbons (Fsp3) is 0.625. The van der Waals surface area contributed by atoms with Crippen molar-refractivity contribution in [2.75, 3.05) is 0 Å². The smallest absolute Gasteiger partial charge is 0.131 e. The molecule has 0 amide bonds. The van der Waals surface area contributed by atoms with Gasteiger partial charge in [0.1, 0.15) is 5.82 Å². The number of halogens is 1. The molecule has 33 heavy (non-hydrogen) atoms. The van der Waals surface area contributed by atoms with Crippen molar-refractivity contribution < 1.29 is 4.39 Å². The van der Waals surface area contributed by atoms with Crippen LogP contribution in [0.25, 0.3) is 11.1 Å². The molecule has 0 saturated heterocycles. The summed E-state index contributed by atoms with van der Waals surface area (Å²) in [6.07, 6.45) is 20.0. The molecule has 0 nitrogen and oxygen atoms in total. The normalized spacial score (nSPS) is 22.9. The first kappa shape index (κ1) is 24.5. The minimum atomic E-state index is -0.0535. The van der Waals surface area contributed by atoms with Gasteiger partial charge in [-0.1, -0.05) is 108 Å². The zero-order chi connectivity index (χ0) is 23.1. The summed E-state index contributed by atoms with van der Waals surface area (Å²) in [5.41, 5.74) is 4.69. The van der Waals surface area contributed by atoms with Crippen LogP contribution in [0.3, 0.4) is 0 Å². The Morgan fingerprint density at radius 1 is 0.818 bits per heavy atom. The lowest BCUT2D eigenvalue weighted by Crippen LogP contribution is -2.24. The van der Waals surface area contributed by atoms with Gasteiger partial charge in [-0.2, -0.15) is 0 Å². The van der Waals surface area contributed by atoms with Crippen LogP contribution in [-0.4, -0.2) is 0 Å². The van der Waals surface area contributed by atoms with Gasteiger partial charge in [0.15, 0.2) is 0 Å². The number of rotatable bonds is 9. The van der Waals surface area contributed by atoms with Crippen LogP contribution in [0.1, 0.15) is 127 Å². The van der Waals surface area contributed by atoms with Crippen molar-refractivity contribution in [3.8, 4) is 11.1 Å². The van der Waals surface area contributed by atoms with Gasteiger partial charge in [0.2, 0.25) is 0 Å². The van der Waals surface area contributed by atoms with Crippen LogP contribution in [0, 0.1) is 11.7 Å². The van der Waals surface area contributed by atoms with E-state index in [0.717, 1.165) is 17.0 Å². The first-order valence-electron chi connectivity index (χ1n) is 14.0. The lowest BCUT2D eigenvalue weighted by Gasteiger charge is -2.34. The monoisotopic (exact) mass is 448 g/mol. The summed E-state index contributed by atoms with van der Waals surface area (Å²) in [6, 6.07) is 14.8. The highest BCUT2D eigenvalue weighted by Crippen LogP contribution is 2.41. The van der Waals surface area contributed by atoms with Gasteiger partial charge in [-0.05, 0) is 78.5 Å². The maximum atomic E-state index is 15.2. The predicted molar refractivity (Wildman–Crippen MR) is 140 cm³/mol. The Labute approximate surface area is 202 Å². The number of unbranched alkanes of at least 4 members (excludes halogenated alkanes) is 4. The summed E-state index contributed by atoms with van der Waals surface area (Å²) in [4.78, 5) is 0. The quantitative estimate of drug-likeness (QED) is 0.335. The first-order valence-corrected chi connectivity index (χ1v) is 14.0. The minimum Gasteiger partial charge on any atom is -0.206 e. The lowest BCUT2D eigenvalue weighted by atomic mass is 9.71. The largest absolute Gasteiger partial charge is 0.206 e. The molecule has 2 aliphatic carbocycles. The number of hydrogen-bond donors (Lipinski definition) is 0. The Bertz CT molecular complexity index is 851. The second kappa shape index (κ2) is 11.7. The van der Waals surface area contributed by atoms with Gasteiger partial charge in [-0.15, -0.1) is 0 Å². The van der Waals surface area contributed by atoms with Crippen LogP contribution in [0.2, 0.25) is 0 Å². The minimum absolute atomic E-state index is 0.0535. The third-order valence-corrected chi connectivity index (χ3v) is 8.88. The van der Waals surface area contributed by atoms with Crippen molar-refractivity contribution in [1.29, 1.82) is 0 Å². The van der Waals surface area contributed by atoms with Crippen molar-refractivity contribution >= 4 is 0 Å². The molecule has 2 aromatic rings. The van der Waals surface area contributed by atoms with Gasteiger partial charge in [-0.3, -0.25) is 0 Å². The Morgan fingerprint density at radius 2 is 1.52 bits per heavy atom. The van der Waals surface area contributed by atoms with E-state index >= 15 is 4.39 Å². The molecule has 0 spiro atoms. The number of benzene rings is 2. The Morgan fingerprint density at radius 3 is 2.18 bits per heavy atom. The van der Waals surface area contributed by atoms with Gasteiger partial charge in [0.25, 0.3) is 0 Å². The summed E-state index contributed by atoms with van der Waals surface area (Å²) in [6.45, 7) is 4.68. The summed E-state index contributed by atoms with van der Waals surface area (Å²) in [5.74, 6) is 1.39. The highest BCUT2D eigenvalue weighted by molar-refractivity contribution is 5.65. The molecule has 2 aromatic carbocycles. The second-order valence-corrected chi connectivity index (χ2v) is 11.4. The highest BCUT2D eigenvalue weighted by Gasteiger charge is 2.28. The van der Waals surface area contributed by atoms with E-state index in [1.54, 1.807) is 0 Å². The number of hydrogen-bond acceptors (Lipinski definition) is 0. The van der Waals surface area contributed by atoms with Gasteiger partial charge in [0.05, 0.1) is 0 Å². The molecule has 0 unspecified atom stereocenters. The van der Waals surface area contributed by atoms with Crippen LogP contribution < -0.4 is 0 Å². The maximum absolute atomic E-state index is 15.2. The summed E-state index contributed by atoms with van der Waals surface area (Å²) >= 11 is 0. The summed E-state index contributed by atoms with van der Waals surface area (Å²) < 4.78 is 15.2. The molecule has 2 fully saturated rings. The van der Waals surface area contributed by atoms with Crippen molar-refractivity contribution in [2.45, 2.75) is 121 Å². The van der Waals surface area contributed by atoms with Crippen molar-refractivity contribution in [3.63, 3.8) is 0 Å². The van der Waals surface area contributed by atoms with E-state index in [4.69, 9.17) is 0 Å². The highest BCUT2D eigenvalue weighted by atomic mass is 19.1. The lowest BCUT2D eigenvalue weighted by molar-refractivity contribution is 0.301. The molecule has 0 bridgehead atoms. The van der Waals surface area contributed by atoms with E-state index < -0.39 is 0 Å². The molecule has 180 valence electrons. The van der Waals surface area contributed by atoms with Crippen LogP contribution >= 0.6 is 0 Å². The molecule has 0 radical (unpaired) electrons. The Kier molecular flexibility index (Phi) is 8.67. The molecule has 2 aliphatic rings. The van der Waals surface area contributed by atoms with Crippen molar-refractivity contribution in [2.24, 2.45) is 5.92 Å². The molecule has 0 aliphatic heterocycles. The van der Waals surface area contributed by atoms with E-state index in [9.17, 15) is 0 Å². The molecule has 2 saturated carbocycles. The standard InChI is InChI=1S/C32H45F/c1-3-4-5-6-8-11-25-12-14-26(15-13-25)28-18-21-30(31(33)24-28)27-16-19-29(20-17-27)32(2)22-9-7-10-23-32/h16-21,24-26H,3-15,22-23H2,1-2H3/t25-,26-. The third kappa shape index (κ3) is 6.28. The molecule has 0 N–H and O–H groups in total. The maximum Gasteiger partial charge on any atom is 0.131 e. The van der Waals surface area contributed by atoms with Crippen LogP contribution in [0.5, 0.6) is 0 Å². The van der Waals surface area contributed by atoms with Crippen LogP contribution in [0.15, 0.2) is 42.5 Å². The fourth-order valence-electron chi connectivity index (χ4n) is 6.51. The fourth-order valence-corrected chi connectivity index (χ4v) is 6.51. The zero-order valence-corrected chi connectivity index (χ0v) is 21.2. The Hall–Kier alpha value is -1.63. The summed E-state index contributed by atoms with van der Waals surface area (Å²) in [7, 11) is 0. The molecule has 0 aromatic heterocycles.